The third-order valence-corrected chi connectivity index (χ3v) is 4.95. The minimum atomic E-state index is -3.55. The molecule has 2 rings (SSSR count). The summed E-state index contributed by atoms with van der Waals surface area (Å²) in [4.78, 5) is 14.3. The maximum atomic E-state index is 12.5. The number of nitrogens with zero attached hydrogens (tertiary/aromatic N) is 1. The molecule has 0 aromatic heterocycles. The van der Waals surface area contributed by atoms with E-state index in [0.29, 0.717) is 25.3 Å². The van der Waals surface area contributed by atoms with Gasteiger partial charge in [0.25, 0.3) is 5.91 Å². The fourth-order valence-electron chi connectivity index (χ4n) is 2.25. The van der Waals surface area contributed by atoms with Gasteiger partial charge in [-0.25, -0.2) is 13.1 Å². The SMILES string of the molecule is CC[C@H]1CN(C(=O)c2cccc(S(=O)(=O)NC)c2)CCO1. The number of rotatable bonds is 4. The van der Waals surface area contributed by atoms with Crippen molar-refractivity contribution < 1.29 is 17.9 Å². The van der Waals surface area contributed by atoms with Crippen molar-refractivity contribution >= 4 is 15.9 Å². The Balaban J connectivity index is 2.22. The van der Waals surface area contributed by atoms with Crippen molar-refractivity contribution in [3.63, 3.8) is 0 Å². The number of carbonyl (C=O) groups is 1. The zero-order chi connectivity index (χ0) is 15.5. The number of amides is 1. The first kappa shape index (κ1) is 15.9. The van der Waals surface area contributed by atoms with E-state index in [-0.39, 0.29) is 16.9 Å². The summed E-state index contributed by atoms with van der Waals surface area (Å²) in [5.74, 6) is -0.162. The number of carbonyl (C=O) groups excluding carboxylic acids is 1. The molecule has 1 heterocycles. The van der Waals surface area contributed by atoms with E-state index < -0.39 is 10.0 Å². The number of hydrogen-bond acceptors (Lipinski definition) is 4. The molecule has 0 unspecified atom stereocenters. The van der Waals surface area contributed by atoms with E-state index >= 15 is 0 Å². The molecule has 6 nitrogen and oxygen atoms in total. The Labute approximate surface area is 125 Å². The fourth-order valence-corrected chi connectivity index (χ4v) is 3.02. The van der Waals surface area contributed by atoms with Crippen LogP contribution in [0.5, 0.6) is 0 Å². The third kappa shape index (κ3) is 3.61. The standard InChI is InChI=1S/C14H20N2O4S/c1-3-12-10-16(7-8-20-12)14(17)11-5-4-6-13(9-11)21(18,19)15-2/h4-6,9,12,15H,3,7-8,10H2,1-2H3/t12-/m0/s1. The summed E-state index contributed by atoms with van der Waals surface area (Å²) in [5.41, 5.74) is 0.378. The van der Waals surface area contributed by atoms with Gasteiger partial charge in [0.2, 0.25) is 10.0 Å². The Bertz CT molecular complexity index is 615. The zero-order valence-electron chi connectivity index (χ0n) is 12.2. The lowest BCUT2D eigenvalue weighted by atomic mass is 10.1. The zero-order valence-corrected chi connectivity index (χ0v) is 13.0. The van der Waals surface area contributed by atoms with E-state index in [2.05, 4.69) is 4.72 Å². The molecule has 0 radical (unpaired) electrons. The van der Waals surface area contributed by atoms with Gasteiger partial charge in [-0.3, -0.25) is 4.79 Å². The summed E-state index contributed by atoms with van der Waals surface area (Å²) in [6, 6.07) is 6.09. The van der Waals surface area contributed by atoms with E-state index in [0.717, 1.165) is 6.42 Å². The highest BCUT2D eigenvalue weighted by Gasteiger charge is 2.24. The van der Waals surface area contributed by atoms with E-state index in [1.54, 1.807) is 17.0 Å². The van der Waals surface area contributed by atoms with Crippen LogP contribution < -0.4 is 4.72 Å². The van der Waals surface area contributed by atoms with Gasteiger partial charge in [0.05, 0.1) is 17.6 Å². The highest BCUT2D eigenvalue weighted by atomic mass is 32.2. The second-order valence-corrected chi connectivity index (χ2v) is 6.77. The van der Waals surface area contributed by atoms with Crippen molar-refractivity contribution in [3.05, 3.63) is 29.8 Å². The van der Waals surface area contributed by atoms with Crippen LogP contribution in [-0.2, 0) is 14.8 Å². The first-order valence-electron chi connectivity index (χ1n) is 6.92. The van der Waals surface area contributed by atoms with Gasteiger partial charge in [-0.2, -0.15) is 0 Å². The predicted octanol–water partition coefficient (Wildman–Crippen LogP) is 0.846. The van der Waals surface area contributed by atoms with Crippen molar-refractivity contribution in [2.45, 2.75) is 24.3 Å². The molecule has 1 atom stereocenters. The minimum absolute atomic E-state index is 0.0481. The topological polar surface area (TPSA) is 75.7 Å². The van der Waals surface area contributed by atoms with Crippen molar-refractivity contribution in [2.24, 2.45) is 0 Å². The van der Waals surface area contributed by atoms with Crippen molar-refractivity contribution in [1.29, 1.82) is 0 Å². The molecule has 1 aromatic rings. The summed E-state index contributed by atoms with van der Waals surface area (Å²) < 4.78 is 31.4. The van der Waals surface area contributed by atoms with E-state index in [9.17, 15) is 13.2 Å². The van der Waals surface area contributed by atoms with Crippen molar-refractivity contribution in [2.75, 3.05) is 26.7 Å². The first-order chi connectivity index (χ1) is 9.97. The van der Waals surface area contributed by atoms with Gasteiger partial charge in [-0.05, 0) is 31.7 Å². The molecule has 1 amide bonds. The maximum absolute atomic E-state index is 12.5. The summed E-state index contributed by atoms with van der Waals surface area (Å²) in [7, 11) is -2.20. The van der Waals surface area contributed by atoms with Crippen molar-refractivity contribution in [3.8, 4) is 0 Å². The molecule has 0 bridgehead atoms. The van der Waals surface area contributed by atoms with Crippen LogP contribution in [-0.4, -0.2) is 52.1 Å². The van der Waals surface area contributed by atoms with Crippen LogP contribution in [0, 0.1) is 0 Å². The molecule has 1 saturated heterocycles. The molecule has 7 heteroatoms. The molecular weight excluding hydrogens is 292 g/mol. The van der Waals surface area contributed by atoms with E-state index in [1.165, 1.54) is 19.2 Å². The largest absolute Gasteiger partial charge is 0.375 e. The number of sulfonamides is 1. The normalized spacial score (nSPS) is 19.5. The molecular formula is C14H20N2O4S. The van der Waals surface area contributed by atoms with Gasteiger partial charge in [-0.15, -0.1) is 0 Å². The van der Waals surface area contributed by atoms with Crippen LogP contribution in [0.15, 0.2) is 29.2 Å². The number of nitrogens with one attached hydrogen (secondary N) is 1. The molecule has 0 spiro atoms. The Morgan fingerprint density at radius 3 is 2.90 bits per heavy atom. The molecule has 1 aliphatic heterocycles. The Morgan fingerprint density at radius 2 is 2.24 bits per heavy atom. The number of benzene rings is 1. The summed E-state index contributed by atoms with van der Waals surface area (Å²) in [5, 5.41) is 0. The lowest BCUT2D eigenvalue weighted by Gasteiger charge is -2.32. The highest BCUT2D eigenvalue weighted by molar-refractivity contribution is 7.89. The van der Waals surface area contributed by atoms with Crippen LogP contribution in [0.25, 0.3) is 0 Å². The van der Waals surface area contributed by atoms with Crippen LogP contribution in [0.4, 0.5) is 0 Å². The van der Waals surface area contributed by atoms with Gasteiger partial charge in [-0.1, -0.05) is 13.0 Å². The molecule has 1 N–H and O–H groups in total. The Morgan fingerprint density at radius 1 is 1.48 bits per heavy atom. The third-order valence-electron chi connectivity index (χ3n) is 3.54. The quantitative estimate of drug-likeness (QED) is 0.894. The van der Waals surface area contributed by atoms with Gasteiger partial charge in [0, 0.05) is 18.7 Å². The van der Waals surface area contributed by atoms with Crippen LogP contribution >= 0.6 is 0 Å². The summed E-state index contributed by atoms with van der Waals surface area (Å²) in [6.45, 7) is 3.59. The van der Waals surface area contributed by atoms with E-state index in [1.807, 2.05) is 6.92 Å². The smallest absolute Gasteiger partial charge is 0.254 e. The second kappa shape index (κ2) is 6.55. The van der Waals surface area contributed by atoms with Gasteiger partial charge in [0.15, 0.2) is 0 Å². The summed E-state index contributed by atoms with van der Waals surface area (Å²) >= 11 is 0. The van der Waals surface area contributed by atoms with Crippen LogP contribution in [0.3, 0.4) is 0 Å². The van der Waals surface area contributed by atoms with Gasteiger partial charge < -0.3 is 9.64 Å². The molecule has 1 fully saturated rings. The number of hydrogen-bond donors (Lipinski definition) is 1. The van der Waals surface area contributed by atoms with E-state index in [4.69, 9.17) is 4.74 Å². The molecule has 116 valence electrons. The van der Waals surface area contributed by atoms with Crippen LogP contribution in [0.1, 0.15) is 23.7 Å². The molecule has 21 heavy (non-hydrogen) atoms. The summed E-state index contributed by atoms with van der Waals surface area (Å²) in [6.07, 6.45) is 0.893. The monoisotopic (exact) mass is 312 g/mol. The average molecular weight is 312 g/mol. The molecule has 1 aromatic carbocycles. The Hall–Kier alpha value is -1.44. The molecule has 0 aliphatic carbocycles. The number of morpholine rings is 1. The highest BCUT2D eigenvalue weighted by Crippen LogP contribution is 2.16. The Kier molecular flexibility index (Phi) is 4.97. The molecule has 1 aliphatic rings. The fraction of sp³-hybridized carbons (Fsp3) is 0.500. The lowest BCUT2D eigenvalue weighted by Crippen LogP contribution is -2.45. The average Bonchev–Trinajstić information content (AvgIpc) is 2.54. The van der Waals surface area contributed by atoms with Gasteiger partial charge in [0.1, 0.15) is 0 Å². The van der Waals surface area contributed by atoms with Crippen molar-refractivity contribution in [1.82, 2.24) is 9.62 Å². The van der Waals surface area contributed by atoms with Gasteiger partial charge >= 0.3 is 0 Å². The first-order valence-corrected chi connectivity index (χ1v) is 8.40. The number of ether oxygens (including phenoxy) is 1. The lowest BCUT2D eigenvalue weighted by molar-refractivity contribution is -0.0226. The molecule has 0 saturated carbocycles. The second-order valence-electron chi connectivity index (χ2n) is 4.89. The maximum Gasteiger partial charge on any atom is 0.254 e. The van der Waals surface area contributed by atoms with Crippen LogP contribution in [0.2, 0.25) is 0 Å². The minimum Gasteiger partial charge on any atom is -0.375 e. The predicted molar refractivity (Wildman–Crippen MR) is 78.6 cm³/mol.